The van der Waals surface area contributed by atoms with Gasteiger partial charge in [0.1, 0.15) is 6.54 Å². The Balaban J connectivity index is 2.44. The fourth-order valence-corrected chi connectivity index (χ4v) is 2.79. The van der Waals surface area contributed by atoms with Gasteiger partial charge < -0.3 is 11.1 Å². The SMILES string of the molecule is CN=C(NC(=O)Cn1nc(C(C)C)c2cc(Br)ccc2c1=O)C(F)=CN. The van der Waals surface area contributed by atoms with Crippen molar-refractivity contribution < 1.29 is 9.18 Å². The normalized spacial score (nSPS) is 12.7. The number of halogens is 2. The summed E-state index contributed by atoms with van der Waals surface area (Å²) in [6.45, 7) is 3.52. The van der Waals surface area contributed by atoms with Gasteiger partial charge in [-0.25, -0.2) is 9.07 Å². The van der Waals surface area contributed by atoms with Gasteiger partial charge in [-0.05, 0) is 24.1 Å². The molecule has 0 saturated heterocycles. The molecule has 1 aromatic heterocycles. The minimum atomic E-state index is -0.868. The first-order chi connectivity index (χ1) is 12.3. The number of benzene rings is 1. The monoisotopic (exact) mass is 423 g/mol. The lowest BCUT2D eigenvalue weighted by Gasteiger charge is -2.13. The predicted octanol–water partition coefficient (Wildman–Crippen LogP) is 2.20. The number of aliphatic imine (C=N–C) groups is 1. The molecule has 26 heavy (non-hydrogen) atoms. The maximum absolute atomic E-state index is 13.5. The van der Waals surface area contributed by atoms with E-state index in [4.69, 9.17) is 5.73 Å². The number of rotatable bonds is 4. The lowest BCUT2D eigenvalue weighted by atomic mass is 10.0. The number of nitrogens with two attached hydrogens (primary N) is 1. The molecule has 0 radical (unpaired) electrons. The van der Waals surface area contributed by atoms with Gasteiger partial charge in [0, 0.05) is 23.1 Å². The number of hydrogen-bond donors (Lipinski definition) is 2. The Morgan fingerprint density at radius 3 is 2.73 bits per heavy atom. The van der Waals surface area contributed by atoms with Crippen LogP contribution in [0.2, 0.25) is 0 Å². The zero-order valence-corrected chi connectivity index (χ0v) is 16.2. The highest BCUT2D eigenvalue weighted by Gasteiger charge is 2.17. The fourth-order valence-electron chi connectivity index (χ4n) is 2.43. The zero-order valence-electron chi connectivity index (χ0n) is 14.6. The standard InChI is InChI=1S/C17H19BrFN5O2/c1-9(2)15-12-6-10(18)4-5-11(12)17(26)24(23-15)8-14(25)22-16(21-3)13(19)7-20/h4-7,9H,8,20H2,1-3H3,(H,21,22,25). The minimum Gasteiger partial charge on any atom is -0.402 e. The molecule has 138 valence electrons. The molecular weight excluding hydrogens is 405 g/mol. The second kappa shape index (κ2) is 8.22. The molecule has 0 spiro atoms. The van der Waals surface area contributed by atoms with Crippen LogP contribution < -0.4 is 16.6 Å². The molecule has 0 aliphatic rings. The van der Waals surface area contributed by atoms with E-state index in [0.29, 0.717) is 17.3 Å². The molecule has 2 rings (SSSR count). The lowest BCUT2D eigenvalue weighted by molar-refractivity contribution is -0.120. The quantitative estimate of drug-likeness (QED) is 0.580. The topological polar surface area (TPSA) is 102 Å². The zero-order chi connectivity index (χ0) is 19.4. The molecule has 0 fully saturated rings. The van der Waals surface area contributed by atoms with Crippen molar-refractivity contribution in [3.05, 3.63) is 50.7 Å². The van der Waals surface area contributed by atoms with Crippen LogP contribution in [0.4, 0.5) is 4.39 Å². The molecule has 0 saturated carbocycles. The Kier molecular flexibility index (Phi) is 6.25. The summed E-state index contributed by atoms with van der Waals surface area (Å²) in [5.41, 5.74) is 5.37. The highest BCUT2D eigenvalue weighted by molar-refractivity contribution is 9.10. The van der Waals surface area contributed by atoms with Crippen molar-refractivity contribution in [2.24, 2.45) is 10.7 Å². The number of amidine groups is 1. The summed E-state index contributed by atoms with van der Waals surface area (Å²) in [6.07, 6.45) is 0.692. The van der Waals surface area contributed by atoms with Crippen LogP contribution in [-0.2, 0) is 11.3 Å². The summed E-state index contributed by atoms with van der Waals surface area (Å²) in [7, 11) is 1.31. The fraction of sp³-hybridized carbons (Fsp3) is 0.294. The Bertz CT molecular complexity index is 966. The van der Waals surface area contributed by atoms with Gasteiger partial charge in [0.05, 0.1) is 11.1 Å². The van der Waals surface area contributed by atoms with E-state index in [-0.39, 0.29) is 18.3 Å². The van der Waals surface area contributed by atoms with E-state index in [0.717, 1.165) is 14.5 Å². The van der Waals surface area contributed by atoms with E-state index in [9.17, 15) is 14.0 Å². The van der Waals surface area contributed by atoms with E-state index < -0.39 is 17.3 Å². The van der Waals surface area contributed by atoms with Gasteiger partial charge in [-0.2, -0.15) is 5.10 Å². The van der Waals surface area contributed by atoms with E-state index in [1.165, 1.54) is 7.05 Å². The van der Waals surface area contributed by atoms with Crippen molar-refractivity contribution >= 4 is 38.4 Å². The van der Waals surface area contributed by atoms with Gasteiger partial charge >= 0.3 is 0 Å². The maximum Gasteiger partial charge on any atom is 0.275 e. The summed E-state index contributed by atoms with van der Waals surface area (Å²) in [4.78, 5) is 28.5. The smallest absolute Gasteiger partial charge is 0.275 e. The molecule has 1 aromatic carbocycles. The number of fused-ring (bicyclic) bond motifs is 1. The molecule has 0 aliphatic carbocycles. The second-order valence-electron chi connectivity index (χ2n) is 5.83. The first-order valence-corrected chi connectivity index (χ1v) is 8.62. The lowest BCUT2D eigenvalue weighted by Crippen LogP contribution is -2.38. The number of nitrogens with one attached hydrogen (secondary N) is 1. The van der Waals surface area contributed by atoms with E-state index in [1.54, 1.807) is 12.1 Å². The second-order valence-corrected chi connectivity index (χ2v) is 6.74. The van der Waals surface area contributed by atoms with Crippen molar-refractivity contribution in [1.82, 2.24) is 15.1 Å². The third-order valence-electron chi connectivity index (χ3n) is 3.65. The van der Waals surface area contributed by atoms with Gasteiger partial charge in [0.25, 0.3) is 5.56 Å². The van der Waals surface area contributed by atoms with Crippen LogP contribution >= 0.6 is 15.9 Å². The van der Waals surface area contributed by atoms with Crippen LogP contribution in [0.15, 0.2) is 44.5 Å². The van der Waals surface area contributed by atoms with E-state index in [1.807, 2.05) is 19.9 Å². The number of amides is 1. The van der Waals surface area contributed by atoms with Crippen molar-refractivity contribution in [1.29, 1.82) is 0 Å². The highest BCUT2D eigenvalue weighted by Crippen LogP contribution is 2.24. The summed E-state index contributed by atoms with van der Waals surface area (Å²) in [5.74, 6) is -1.78. The van der Waals surface area contributed by atoms with Gasteiger partial charge in [-0.3, -0.25) is 14.6 Å². The van der Waals surface area contributed by atoms with E-state index in [2.05, 4.69) is 31.3 Å². The third-order valence-corrected chi connectivity index (χ3v) is 4.14. The molecule has 3 N–H and O–H groups in total. The third kappa shape index (κ3) is 4.16. The Hall–Kier alpha value is -2.55. The highest BCUT2D eigenvalue weighted by atomic mass is 79.9. The molecule has 1 heterocycles. The van der Waals surface area contributed by atoms with Crippen molar-refractivity contribution in [3.8, 4) is 0 Å². The number of aromatic nitrogens is 2. The molecule has 0 atom stereocenters. The molecule has 2 aromatic rings. The summed E-state index contributed by atoms with van der Waals surface area (Å²) in [6, 6.07) is 5.26. The van der Waals surface area contributed by atoms with Crippen LogP contribution in [0.25, 0.3) is 10.8 Å². The number of nitrogens with zero attached hydrogens (tertiary/aromatic N) is 3. The van der Waals surface area contributed by atoms with Crippen LogP contribution in [0.3, 0.4) is 0 Å². The average molecular weight is 424 g/mol. The Morgan fingerprint density at radius 2 is 2.15 bits per heavy atom. The minimum absolute atomic E-state index is 0.0343. The summed E-state index contributed by atoms with van der Waals surface area (Å²) >= 11 is 3.39. The van der Waals surface area contributed by atoms with Crippen molar-refractivity contribution in [2.75, 3.05) is 7.05 Å². The largest absolute Gasteiger partial charge is 0.402 e. The van der Waals surface area contributed by atoms with Crippen LogP contribution in [-0.4, -0.2) is 28.6 Å². The summed E-state index contributed by atoms with van der Waals surface area (Å²) in [5, 5.41) is 7.79. The Morgan fingerprint density at radius 1 is 1.46 bits per heavy atom. The molecule has 0 aliphatic heterocycles. The van der Waals surface area contributed by atoms with Crippen LogP contribution in [0.5, 0.6) is 0 Å². The van der Waals surface area contributed by atoms with Gasteiger partial charge in [-0.1, -0.05) is 29.8 Å². The molecule has 1 amide bonds. The maximum atomic E-state index is 13.5. The molecule has 0 bridgehead atoms. The van der Waals surface area contributed by atoms with Crippen molar-refractivity contribution in [2.45, 2.75) is 26.3 Å². The van der Waals surface area contributed by atoms with Gasteiger partial charge in [0.2, 0.25) is 5.91 Å². The number of hydrogen-bond acceptors (Lipinski definition) is 5. The predicted molar refractivity (Wildman–Crippen MR) is 103 cm³/mol. The number of carbonyl (C=O) groups excluding carboxylic acids is 1. The molecule has 0 unspecified atom stereocenters. The summed E-state index contributed by atoms with van der Waals surface area (Å²) < 4.78 is 15.4. The van der Waals surface area contributed by atoms with Crippen LogP contribution in [0, 0.1) is 0 Å². The van der Waals surface area contributed by atoms with Crippen molar-refractivity contribution in [3.63, 3.8) is 0 Å². The molecular formula is C17H19BrFN5O2. The molecule has 7 nitrogen and oxygen atoms in total. The number of carbonyl (C=O) groups is 1. The first-order valence-electron chi connectivity index (χ1n) is 7.83. The van der Waals surface area contributed by atoms with E-state index >= 15 is 0 Å². The van der Waals surface area contributed by atoms with Gasteiger partial charge in [-0.15, -0.1) is 0 Å². The molecule has 9 heteroatoms. The first kappa shape index (κ1) is 19.8. The van der Waals surface area contributed by atoms with Gasteiger partial charge in [0.15, 0.2) is 11.7 Å². The average Bonchev–Trinajstić information content (AvgIpc) is 2.60. The van der Waals surface area contributed by atoms with Crippen LogP contribution in [0.1, 0.15) is 25.5 Å². The Labute approximate surface area is 157 Å².